The molecule has 3 aromatic rings. The van der Waals surface area contributed by atoms with Crippen molar-refractivity contribution >= 4 is 44.7 Å². The summed E-state index contributed by atoms with van der Waals surface area (Å²) >= 11 is 7.21. The normalized spacial score (nSPS) is 10.6. The highest BCUT2D eigenvalue weighted by molar-refractivity contribution is 7.20. The van der Waals surface area contributed by atoms with Crippen LogP contribution in [0.2, 0.25) is 5.02 Å². The maximum Gasteiger partial charge on any atom is 0.279 e. The number of fused-ring (bicyclic) bond motifs is 1. The third-order valence-electron chi connectivity index (χ3n) is 3.24. The van der Waals surface area contributed by atoms with Crippen LogP contribution >= 0.6 is 22.9 Å². The molecule has 0 aliphatic rings. The first-order valence-corrected chi connectivity index (χ1v) is 8.47. The van der Waals surface area contributed by atoms with Gasteiger partial charge in [-0.05, 0) is 31.2 Å². The van der Waals surface area contributed by atoms with Gasteiger partial charge in [-0.15, -0.1) is 0 Å². The third-order valence-corrected chi connectivity index (χ3v) is 4.39. The van der Waals surface area contributed by atoms with Crippen LogP contribution in [-0.4, -0.2) is 22.4 Å². The minimum absolute atomic E-state index is 0.148. The van der Waals surface area contributed by atoms with Crippen LogP contribution in [0, 0.1) is 10.1 Å². The fourth-order valence-corrected chi connectivity index (χ4v) is 3.15. The summed E-state index contributed by atoms with van der Waals surface area (Å²) in [6.07, 6.45) is 0. The van der Waals surface area contributed by atoms with Crippen LogP contribution in [0.4, 0.5) is 5.69 Å². The first kappa shape index (κ1) is 17.1. The van der Waals surface area contributed by atoms with Gasteiger partial charge in [0.05, 0.1) is 21.2 Å². The maximum atomic E-state index is 12.0. The van der Waals surface area contributed by atoms with Crippen LogP contribution in [0.3, 0.4) is 0 Å². The zero-order chi connectivity index (χ0) is 18.0. The van der Waals surface area contributed by atoms with E-state index in [9.17, 15) is 14.9 Å². The highest BCUT2D eigenvalue weighted by Crippen LogP contribution is 2.34. The van der Waals surface area contributed by atoms with Crippen molar-refractivity contribution in [1.29, 1.82) is 0 Å². The van der Waals surface area contributed by atoms with E-state index in [2.05, 4.69) is 10.3 Å². The van der Waals surface area contributed by atoms with E-state index in [4.69, 9.17) is 16.3 Å². The third kappa shape index (κ3) is 3.86. The van der Waals surface area contributed by atoms with Gasteiger partial charge in [0.15, 0.2) is 0 Å². The van der Waals surface area contributed by atoms with E-state index in [0.29, 0.717) is 22.3 Å². The summed E-state index contributed by atoms with van der Waals surface area (Å²) in [4.78, 5) is 26.8. The van der Waals surface area contributed by atoms with E-state index < -0.39 is 10.8 Å². The first-order chi connectivity index (χ1) is 12.0. The summed E-state index contributed by atoms with van der Waals surface area (Å²) in [7, 11) is 0. The van der Waals surface area contributed by atoms with Crippen LogP contribution in [0.5, 0.6) is 10.9 Å². The lowest BCUT2D eigenvalue weighted by Crippen LogP contribution is -2.22. The van der Waals surface area contributed by atoms with E-state index in [-0.39, 0.29) is 17.0 Å². The number of nitro benzene ring substituents is 1. The number of benzene rings is 2. The second-order valence-electron chi connectivity index (χ2n) is 5.03. The molecule has 1 heterocycles. The number of nitrogens with one attached hydrogen (secondary N) is 1. The zero-order valence-corrected chi connectivity index (χ0v) is 14.6. The highest BCUT2D eigenvalue weighted by Gasteiger charge is 2.16. The second-order valence-corrected chi connectivity index (χ2v) is 6.46. The molecular weight excluding hydrogens is 366 g/mol. The van der Waals surface area contributed by atoms with Crippen LogP contribution < -0.4 is 10.1 Å². The Bertz CT molecular complexity index is 973. The number of halogens is 1. The summed E-state index contributed by atoms with van der Waals surface area (Å²) in [6, 6.07) is 9.16. The summed E-state index contributed by atoms with van der Waals surface area (Å²) in [5.41, 5.74) is 0.583. The van der Waals surface area contributed by atoms with Crippen molar-refractivity contribution in [3.8, 4) is 10.9 Å². The summed E-state index contributed by atoms with van der Waals surface area (Å²) in [6.45, 7) is 2.18. The van der Waals surface area contributed by atoms with Crippen molar-refractivity contribution < 1.29 is 14.5 Å². The topological polar surface area (TPSA) is 94.4 Å². The molecule has 0 spiro atoms. The molecule has 2 aromatic carbocycles. The molecule has 128 valence electrons. The molecule has 0 saturated heterocycles. The molecule has 0 aliphatic carbocycles. The summed E-state index contributed by atoms with van der Waals surface area (Å²) < 4.78 is 6.51. The Hall–Kier alpha value is -2.71. The van der Waals surface area contributed by atoms with Gasteiger partial charge in [-0.2, -0.15) is 0 Å². The number of carbonyl (C=O) groups is 1. The molecule has 7 nitrogen and oxygen atoms in total. The number of aromatic nitrogens is 1. The van der Waals surface area contributed by atoms with E-state index in [1.165, 1.54) is 29.5 Å². The van der Waals surface area contributed by atoms with Crippen LogP contribution in [0.1, 0.15) is 17.3 Å². The van der Waals surface area contributed by atoms with Gasteiger partial charge in [-0.25, -0.2) is 4.98 Å². The SMILES string of the molecule is CCNC(=O)c1cc(Oc2nc3cc(Cl)ccc3s2)cc([N+](=O)[O-])c1. The van der Waals surface area contributed by atoms with E-state index in [1.807, 2.05) is 6.07 Å². The number of hydrogen-bond acceptors (Lipinski definition) is 6. The van der Waals surface area contributed by atoms with Gasteiger partial charge in [0.25, 0.3) is 16.8 Å². The molecule has 0 saturated carbocycles. The van der Waals surface area contributed by atoms with Crippen LogP contribution in [0.25, 0.3) is 10.2 Å². The van der Waals surface area contributed by atoms with E-state index in [0.717, 1.165) is 4.70 Å². The largest absolute Gasteiger partial charge is 0.431 e. The van der Waals surface area contributed by atoms with Crippen molar-refractivity contribution in [2.75, 3.05) is 6.54 Å². The summed E-state index contributed by atoms with van der Waals surface area (Å²) in [5, 5.41) is 14.6. The van der Waals surface area contributed by atoms with Gasteiger partial charge >= 0.3 is 0 Å². The number of thiazole rings is 1. The van der Waals surface area contributed by atoms with Gasteiger partial charge in [0.1, 0.15) is 5.75 Å². The Morgan fingerprint density at radius 2 is 2.16 bits per heavy atom. The lowest BCUT2D eigenvalue weighted by molar-refractivity contribution is -0.384. The van der Waals surface area contributed by atoms with Gasteiger partial charge < -0.3 is 10.1 Å². The van der Waals surface area contributed by atoms with Crippen molar-refractivity contribution in [3.05, 3.63) is 57.1 Å². The Labute approximate surface area is 151 Å². The Balaban J connectivity index is 1.96. The second kappa shape index (κ2) is 7.04. The number of nitro groups is 1. The number of ether oxygens (including phenoxy) is 1. The Kier molecular flexibility index (Phi) is 4.82. The lowest BCUT2D eigenvalue weighted by Gasteiger charge is -2.06. The van der Waals surface area contributed by atoms with E-state index in [1.54, 1.807) is 19.1 Å². The van der Waals surface area contributed by atoms with Crippen LogP contribution in [-0.2, 0) is 0 Å². The Morgan fingerprint density at radius 3 is 2.88 bits per heavy atom. The standard InChI is InChI=1S/C16H12ClN3O4S/c1-2-18-15(21)9-5-11(20(22)23)8-12(6-9)24-16-19-13-7-10(17)3-4-14(13)25-16/h3-8H,2H2,1H3,(H,18,21). The number of non-ortho nitro benzene ring substituents is 1. The zero-order valence-electron chi connectivity index (χ0n) is 13.0. The fraction of sp³-hybridized carbons (Fsp3) is 0.125. The average Bonchev–Trinajstić information content (AvgIpc) is 2.95. The minimum atomic E-state index is -0.576. The van der Waals surface area contributed by atoms with Crippen molar-refractivity contribution in [3.63, 3.8) is 0 Å². The van der Waals surface area contributed by atoms with E-state index >= 15 is 0 Å². The van der Waals surface area contributed by atoms with Crippen molar-refractivity contribution in [2.24, 2.45) is 0 Å². The van der Waals surface area contributed by atoms with Gasteiger partial charge in [-0.1, -0.05) is 22.9 Å². The molecule has 1 N–H and O–H groups in total. The fourth-order valence-electron chi connectivity index (χ4n) is 2.17. The molecule has 0 bridgehead atoms. The number of nitrogens with zero attached hydrogens (tertiary/aromatic N) is 2. The molecule has 0 radical (unpaired) electrons. The minimum Gasteiger partial charge on any atom is -0.431 e. The predicted molar refractivity (Wildman–Crippen MR) is 95.8 cm³/mol. The summed E-state index contributed by atoms with van der Waals surface area (Å²) in [5.74, 6) is -0.243. The Morgan fingerprint density at radius 1 is 1.36 bits per heavy atom. The first-order valence-electron chi connectivity index (χ1n) is 7.28. The monoisotopic (exact) mass is 377 g/mol. The van der Waals surface area contributed by atoms with Gasteiger partial charge in [0, 0.05) is 23.2 Å². The number of hydrogen-bond donors (Lipinski definition) is 1. The molecule has 25 heavy (non-hydrogen) atoms. The molecular formula is C16H12ClN3O4S. The molecule has 1 aromatic heterocycles. The molecule has 9 heteroatoms. The maximum absolute atomic E-state index is 12.0. The predicted octanol–water partition coefficient (Wildman–Crippen LogP) is 4.40. The van der Waals surface area contributed by atoms with Gasteiger partial charge in [-0.3, -0.25) is 14.9 Å². The molecule has 0 fully saturated rings. The smallest absolute Gasteiger partial charge is 0.279 e. The van der Waals surface area contributed by atoms with Crippen molar-refractivity contribution in [2.45, 2.75) is 6.92 Å². The average molecular weight is 378 g/mol. The lowest BCUT2D eigenvalue weighted by atomic mass is 10.1. The molecule has 0 aliphatic heterocycles. The highest BCUT2D eigenvalue weighted by atomic mass is 35.5. The molecule has 1 amide bonds. The van der Waals surface area contributed by atoms with Crippen LogP contribution in [0.15, 0.2) is 36.4 Å². The number of amides is 1. The molecule has 3 rings (SSSR count). The quantitative estimate of drug-likeness (QED) is 0.525. The van der Waals surface area contributed by atoms with Gasteiger partial charge in [0.2, 0.25) is 0 Å². The molecule has 0 unspecified atom stereocenters. The van der Waals surface area contributed by atoms with Crippen molar-refractivity contribution in [1.82, 2.24) is 10.3 Å². The molecule has 0 atom stereocenters. The number of carbonyl (C=O) groups excluding carboxylic acids is 1. The number of rotatable bonds is 5.